The van der Waals surface area contributed by atoms with Gasteiger partial charge in [-0.3, -0.25) is 4.79 Å². The molecule has 2 aromatic carbocycles. The van der Waals surface area contributed by atoms with Gasteiger partial charge in [-0.2, -0.15) is 5.10 Å². The number of piperazine rings is 1. The van der Waals surface area contributed by atoms with E-state index in [9.17, 15) is 13.6 Å². The van der Waals surface area contributed by atoms with Gasteiger partial charge in [-0.1, -0.05) is 23.7 Å². The summed E-state index contributed by atoms with van der Waals surface area (Å²) < 4.78 is 35.4. The molecule has 0 aliphatic carbocycles. The number of aromatic nitrogens is 3. The zero-order chi connectivity index (χ0) is 24.5. The molecular formula is C25H22ClF2N5O2. The Morgan fingerprint density at radius 3 is 2.83 bits per heavy atom. The Kier molecular flexibility index (Phi) is 6.36. The fraction of sp³-hybridized carbons (Fsp3) is 0.240. The molecule has 10 heteroatoms. The highest BCUT2D eigenvalue weighted by atomic mass is 35.5. The lowest BCUT2D eigenvalue weighted by Crippen LogP contribution is -2.47. The number of hydrogen-bond donors (Lipinski definition) is 1. The number of benzene rings is 2. The van der Waals surface area contributed by atoms with E-state index >= 15 is 0 Å². The third kappa shape index (κ3) is 4.82. The van der Waals surface area contributed by atoms with Crippen molar-refractivity contribution in [2.24, 2.45) is 0 Å². The summed E-state index contributed by atoms with van der Waals surface area (Å²) in [6.45, 7) is 3.56. The molecule has 0 spiro atoms. The van der Waals surface area contributed by atoms with Crippen molar-refractivity contribution in [2.45, 2.75) is 20.1 Å². The second-order valence-electron chi connectivity index (χ2n) is 8.34. The van der Waals surface area contributed by atoms with Gasteiger partial charge in [0, 0.05) is 36.3 Å². The summed E-state index contributed by atoms with van der Waals surface area (Å²) in [6.07, 6.45) is 2.44. The number of nitrogens with zero attached hydrogens (tertiary/aromatic N) is 4. The molecule has 1 fully saturated rings. The van der Waals surface area contributed by atoms with E-state index in [2.05, 4.69) is 15.4 Å². The van der Waals surface area contributed by atoms with Gasteiger partial charge in [0.05, 0.1) is 29.6 Å². The molecular weight excluding hydrogens is 476 g/mol. The summed E-state index contributed by atoms with van der Waals surface area (Å²) in [7, 11) is 0. The molecule has 1 aliphatic rings. The van der Waals surface area contributed by atoms with Crippen LogP contribution in [0.1, 0.15) is 16.8 Å². The number of halogens is 3. The molecule has 1 N–H and O–H groups in total. The maximum atomic E-state index is 14.2. The first-order valence-electron chi connectivity index (χ1n) is 11.1. The lowest BCUT2D eigenvalue weighted by Gasteiger charge is -2.28. The van der Waals surface area contributed by atoms with Crippen molar-refractivity contribution in [3.63, 3.8) is 0 Å². The van der Waals surface area contributed by atoms with Gasteiger partial charge in [-0.05, 0) is 36.8 Å². The minimum atomic E-state index is -0.477. The van der Waals surface area contributed by atoms with Crippen molar-refractivity contribution < 1.29 is 18.3 Å². The molecule has 0 bridgehead atoms. The molecule has 7 nitrogen and oxygen atoms in total. The lowest BCUT2D eigenvalue weighted by molar-refractivity contribution is -0.132. The number of pyridine rings is 1. The average Bonchev–Trinajstić information content (AvgIpc) is 3.25. The summed E-state index contributed by atoms with van der Waals surface area (Å²) in [6, 6.07) is 9.88. The minimum Gasteiger partial charge on any atom is -0.487 e. The van der Waals surface area contributed by atoms with E-state index in [-0.39, 0.29) is 30.6 Å². The van der Waals surface area contributed by atoms with Crippen LogP contribution in [0.15, 0.2) is 48.8 Å². The number of nitrogens with one attached hydrogen (secondary N) is 1. The fourth-order valence-electron chi connectivity index (χ4n) is 4.20. The third-order valence-electron chi connectivity index (χ3n) is 5.88. The van der Waals surface area contributed by atoms with Crippen molar-refractivity contribution in [2.75, 3.05) is 19.6 Å². The van der Waals surface area contributed by atoms with E-state index < -0.39 is 11.6 Å². The predicted molar refractivity (Wildman–Crippen MR) is 128 cm³/mol. The van der Waals surface area contributed by atoms with Crippen LogP contribution in [-0.2, 0) is 17.9 Å². The molecule has 1 saturated heterocycles. The predicted octanol–water partition coefficient (Wildman–Crippen LogP) is 4.17. The summed E-state index contributed by atoms with van der Waals surface area (Å²) in [5.74, 6) is -0.485. The van der Waals surface area contributed by atoms with Crippen LogP contribution in [0, 0.1) is 18.6 Å². The first kappa shape index (κ1) is 23.2. The Balaban J connectivity index is 1.48. The smallest absolute Gasteiger partial charge is 0.236 e. The van der Waals surface area contributed by atoms with Gasteiger partial charge in [0.2, 0.25) is 5.91 Å². The number of aryl methyl sites for hydroxylation is 1. The maximum Gasteiger partial charge on any atom is 0.236 e. The summed E-state index contributed by atoms with van der Waals surface area (Å²) in [4.78, 5) is 18.6. The van der Waals surface area contributed by atoms with Gasteiger partial charge in [-0.15, -0.1) is 0 Å². The summed E-state index contributed by atoms with van der Waals surface area (Å²) in [5, 5.41) is 8.05. The van der Waals surface area contributed by atoms with Gasteiger partial charge in [-0.25, -0.2) is 18.4 Å². The lowest BCUT2D eigenvalue weighted by atomic mass is 10.1. The number of hydrogen-bond acceptors (Lipinski definition) is 5. The molecule has 4 aromatic rings. The average molecular weight is 498 g/mol. The fourth-order valence-corrected chi connectivity index (χ4v) is 4.48. The van der Waals surface area contributed by atoms with Crippen LogP contribution >= 0.6 is 11.6 Å². The number of rotatable bonds is 6. The SMILES string of the molecule is Cc1cc(-n2cc(F)cn2)c2cccc(OCc3c(Cl)cc(F)cc3CN3CCNCC3=O)c2n1. The van der Waals surface area contributed by atoms with Crippen LogP contribution in [0.2, 0.25) is 5.02 Å². The Labute approximate surface area is 205 Å². The molecule has 2 aromatic heterocycles. The highest BCUT2D eigenvalue weighted by Gasteiger charge is 2.21. The van der Waals surface area contributed by atoms with Crippen LogP contribution in [-0.4, -0.2) is 45.2 Å². The molecule has 35 heavy (non-hydrogen) atoms. The minimum absolute atomic E-state index is 0.0508. The molecule has 0 unspecified atom stereocenters. The molecule has 1 aliphatic heterocycles. The van der Waals surface area contributed by atoms with Crippen molar-refractivity contribution in [1.82, 2.24) is 25.0 Å². The monoisotopic (exact) mass is 497 g/mol. The van der Waals surface area contributed by atoms with Crippen LogP contribution < -0.4 is 10.1 Å². The number of para-hydroxylation sites is 1. The molecule has 3 heterocycles. The highest BCUT2D eigenvalue weighted by Crippen LogP contribution is 2.31. The number of carbonyl (C=O) groups excluding carboxylic acids is 1. The van der Waals surface area contributed by atoms with E-state index in [0.717, 1.165) is 11.6 Å². The Bertz CT molecular complexity index is 1420. The van der Waals surface area contributed by atoms with E-state index in [1.165, 1.54) is 23.0 Å². The van der Waals surface area contributed by atoms with Crippen molar-refractivity contribution in [1.29, 1.82) is 0 Å². The normalized spacial score (nSPS) is 14.1. The van der Waals surface area contributed by atoms with Crippen molar-refractivity contribution in [3.8, 4) is 11.4 Å². The van der Waals surface area contributed by atoms with Crippen LogP contribution in [0.3, 0.4) is 0 Å². The first-order chi connectivity index (χ1) is 16.9. The third-order valence-corrected chi connectivity index (χ3v) is 6.22. The molecule has 5 rings (SSSR count). The largest absolute Gasteiger partial charge is 0.487 e. The first-order valence-corrected chi connectivity index (χ1v) is 11.5. The Morgan fingerprint density at radius 2 is 2.06 bits per heavy atom. The van der Waals surface area contributed by atoms with Crippen LogP contribution in [0.5, 0.6) is 5.75 Å². The van der Waals surface area contributed by atoms with Crippen molar-refractivity contribution in [3.05, 3.63) is 82.3 Å². The molecule has 1 amide bonds. The van der Waals surface area contributed by atoms with E-state index in [0.29, 0.717) is 46.9 Å². The van der Waals surface area contributed by atoms with Crippen molar-refractivity contribution >= 4 is 28.4 Å². The van der Waals surface area contributed by atoms with Gasteiger partial charge in [0.25, 0.3) is 0 Å². The van der Waals surface area contributed by atoms with E-state index in [1.807, 2.05) is 25.1 Å². The van der Waals surface area contributed by atoms with Gasteiger partial charge in [0.1, 0.15) is 23.7 Å². The quantitative estimate of drug-likeness (QED) is 0.433. The standard InChI is InChI=1S/C25H22ClF2N5O2/c1-15-7-22(33-13-18(28)10-30-33)19-3-2-4-23(25(19)31-15)35-14-20-16(8-17(27)9-21(20)26)12-32-6-5-29-11-24(32)34/h2-4,7-10,13,29H,5-6,11-12,14H2,1H3. The summed E-state index contributed by atoms with van der Waals surface area (Å²) >= 11 is 6.41. The topological polar surface area (TPSA) is 72.3 Å². The highest BCUT2D eigenvalue weighted by molar-refractivity contribution is 6.31. The van der Waals surface area contributed by atoms with Gasteiger partial charge < -0.3 is 15.0 Å². The molecule has 0 radical (unpaired) electrons. The Morgan fingerprint density at radius 1 is 1.20 bits per heavy atom. The second kappa shape index (κ2) is 9.59. The van der Waals surface area contributed by atoms with E-state index in [4.69, 9.17) is 16.3 Å². The van der Waals surface area contributed by atoms with Crippen LogP contribution in [0.25, 0.3) is 16.6 Å². The maximum absolute atomic E-state index is 14.2. The number of amides is 1. The zero-order valence-electron chi connectivity index (χ0n) is 18.9. The van der Waals surface area contributed by atoms with Gasteiger partial charge in [0.15, 0.2) is 5.82 Å². The number of ether oxygens (including phenoxy) is 1. The van der Waals surface area contributed by atoms with E-state index in [1.54, 1.807) is 11.0 Å². The second-order valence-corrected chi connectivity index (χ2v) is 8.75. The molecule has 0 saturated carbocycles. The number of fused-ring (bicyclic) bond motifs is 1. The summed E-state index contributed by atoms with van der Waals surface area (Å²) in [5.41, 5.74) is 3.13. The molecule has 0 atom stereocenters. The Hall–Kier alpha value is -3.56. The molecule has 180 valence electrons. The zero-order valence-corrected chi connectivity index (χ0v) is 19.6. The van der Waals surface area contributed by atoms with Gasteiger partial charge >= 0.3 is 0 Å². The number of carbonyl (C=O) groups is 1. The van der Waals surface area contributed by atoms with Crippen LogP contribution in [0.4, 0.5) is 8.78 Å².